The van der Waals surface area contributed by atoms with E-state index >= 15 is 0 Å². The van der Waals surface area contributed by atoms with Gasteiger partial charge in [0.15, 0.2) is 18.1 Å². The summed E-state index contributed by atoms with van der Waals surface area (Å²) >= 11 is 1.25. The number of para-hydroxylation sites is 2. The molecule has 4 rings (SSSR count). The molecule has 2 saturated carbocycles. The number of methoxy groups -OCH3 is 1. The predicted molar refractivity (Wildman–Crippen MR) is 99.7 cm³/mol. The zero-order valence-electron chi connectivity index (χ0n) is 15.2. The van der Waals surface area contributed by atoms with Crippen LogP contribution in [0.15, 0.2) is 33.9 Å². The van der Waals surface area contributed by atoms with Gasteiger partial charge in [-0.05, 0) is 43.2 Å². The SMILES string of the molecule is COc1ccccc1OCc1nnc(SCC(=O)N[C@@H]2C[C@H]3CC[C@H]2C3)o1. The highest BCUT2D eigenvalue weighted by molar-refractivity contribution is 7.99. The summed E-state index contributed by atoms with van der Waals surface area (Å²) in [5, 5.41) is 11.5. The minimum absolute atomic E-state index is 0.0302. The van der Waals surface area contributed by atoms with Crippen LogP contribution >= 0.6 is 11.8 Å². The third kappa shape index (κ3) is 4.37. The summed E-state index contributed by atoms with van der Waals surface area (Å²) in [6.45, 7) is 0.144. The number of fused-ring (bicyclic) bond motifs is 2. The number of nitrogens with one attached hydrogen (secondary N) is 1. The molecule has 0 saturated heterocycles. The Hall–Kier alpha value is -2.22. The number of benzene rings is 1. The van der Waals surface area contributed by atoms with Gasteiger partial charge < -0.3 is 19.2 Å². The number of carbonyl (C=O) groups is 1. The molecule has 1 aromatic carbocycles. The number of hydrogen-bond donors (Lipinski definition) is 1. The summed E-state index contributed by atoms with van der Waals surface area (Å²) < 4.78 is 16.4. The van der Waals surface area contributed by atoms with Crippen molar-refractivity contribution in [2.75, 3.05) is 12.9 Å². The number of ether oxygens (including phenoxy) is 2. The van der Waals surface area contributed by atoms with Gasteiger partial charge in [-0.15, -0.1) is 10.2 Å². The number of rotatable bonds is 8. The fourth-order valence-corrected chi connectivity index (χ4v) is 4.62. The van der Waals surface area contributed by atoms with Gasteiger partial charge in [0, 0.05) is 6.04 Å². The van der Waals surface area contributed by atoms with Gasteiger partial charge in [-0.3, -0.25) is 4.79 Å². The van der Waals surface area contributed by atoms with Crippen molar-refractivity contribution in [1.82, 2.24) is 15.5 Å². The molecule has 0 spiro atoms. The smallest absolute Gasteiger partial charge is 0.277 e. The van der Waals surface area contributed by atoms with Crippen LogP contribution in [0.4, 0.5) is 0 Å². The summed E-state index contributed by atoms with van der Waals surface area (Å²) in [4.78, 5) is 12.2. The van der Waals surface area contributed by atoms with Crippen LogP contribution in [0, 0.1) is 11.8 Å². The van der Waals surface area contributed by atoms with Crippen LogP contribution in [0.25, 0.3) is 0 Å². The molecule has 2 aromatic rings. The molecule has 2 aliphatic carbocycles. The summed E-state index contributed by atoms with van der Waals surface area (Å²) in [5.41, 5.74) is 0. The van der Waals surface area contributed by atoms with Crippen LogP contribution in [-0.2, 0) is 11.4 Å². The number of carbonyl (C=O) groups excluding carboxylic acids is 1. The van der Waals surface area contributed by atoms with Crippen molar-refractivity contribution in [3.63, 3.8) is 0 Å². The molecular weight excluding hydrogens is 366 g/mol. The molecule has 8 heteroatoms. The van der Waals surface area contributed by atoms with Crippen molar-refractivity contribution in [2.45, 2.75) is 43.6 Å². The average Bonchev–Trinajstić information content (AvgIpc) is 3.42. The van der Waals surface area contributed by atoms with E-state index in [1.807, 2.05) is 24.3 Å². The van der Waals surface area contributed by atoms with Gasteiger partial charge in [-0.2, -0.15) is 0 Å². The largest absolute Gasteiger partial charge is 0.493 e. The zero-order valence-corrected chi connectivity index (χ0v) is 16.0. The number of amides is 1. The summed E-state index contributed by atoms with van der Waals surface area (Å²) in [7, 11) is 1.59. The van der Waals surface area contributed by atoms with Gasteiger partial charge >= 0.3 is 0 Å². The Bertz CT molecular complexity index is 797. The first-order chi connectivity index (χ1) is 13.2. The van der Waals surface area contributed by atoms with E-state index in [9.17, 15) is 4.79 Å². The number of thioether (sulfide) groups is 1. The van der Waals surface area contributed by atoms with Gasteiger partial charge in [0.25, 0.3) is 11.1 Å². The Morgan fingerprint density at radius 2 is 2.11 bits per heavy atom. The Kier molecular flexibility index (Phi) is 5.52. The van der Waals surface area contributed by atoms with Crippen LogP contribution in [0.5, 0.6) is 11.5 Å². The second-order valence-electron chi connectivity index (χ2n) is 7.04. The molecule has 3 atom stereocenters. The molecule has 144 valence electrons. The molecule has 27 heavy (non-hydrogen) atoms. The maximum atomic E-state index is 12.2. The van der Waals surface area contributed by atoms with Crippen molar-refractivity contribution in [3.05, 3.63) is 30.2 Å². The van der Waals surface area contributed by atoms with Gasteiger partial charge in [0.1, 0.15) is 0 Å². The highest BCUT2D eigenvalue weighted by Crippen LogP contribution is 2.44. The van der Waals surface area contributed by atoms with Crippen molar-refractivity contribution in [3.8, 4) is 11.5 Å². The lowest BCUT2D eigenvalue weighted by Gasteiger charge is -2.22. The quantitative estimate of drug-likeness (QED) is 0.694. The maximum absolute atomic E-state index is 12.2. The van der Waals surface area contributed by atoms with Gasteiger partial charge in [0.2, 0.25) is 5.91 Å². The first kappa shape index (κ1) is 18.2. The molecule has 1 aromatic heterocycles. The number of aromatic nitrogens is 2. The standard InChI is InChI=1S/C19H23N3O4S/c1-24-15-4-2-3-5-16(15)25-10-18-21-22-19(26-18)27-11-17(23)20-14-9-12-6-7-13(14)8-12/h2-5,12-14H,6-11H2,1H3,(H,20,23)/t12-,13-,14+/m0/s1. The molecule has 2 aliphatic rings. The van der Waals surface area contributed by atoms with E-state index in [-0.39, 0.29) is 18.3 Å². The lowest BCUT2D eigenvalue weighted by atomic mass is 9.95. The fourth-order valence-electron chi connectivity index (χ4n) is 4.03. The highest BCUT2D eigenvalue weighted by Gasteiger charge is 2.40. The van der Waals surface area contributed by atoms with Crippen LogP contribution < -0.4 is 14.8 Å². The van der Waals surface area contributed by atoms with Crippen LogP contribution in [0.1, 0.15) is 31.6 Å². The Morgan fingerprint density at radius 1 is 1.26 bits per heavy atom. The van der Waals surface area contributed by atoms with E-state index in [0.29, 0.717) is 34.6 Å². The summed E-state index contributed by atoms with van der Waals surface area (Å²) in [6.07, 6.45) is 4.98. The molecular formula is C19H23N3O4S. The average molecular weight is 389 g/mol. The fraction of sp³-hybridized carbons (Fsp3) is 0.526. The van der Waals surface area contributed by atoms with Gasteiger partial charge in [-0.1, -0.05) is 30.3 Å². The van der Waals surface area contributed by atoms with Gasteiger partial charge in [-0.25, -0.2) is 0 Å². The van der Waals surface area contributed by atoms with E-state index in [1.165, 1.54) is 31.0 Å². The molecule has 0 unspecified atom stereocenters. The maximum Gasteiger partial charge on any atom is 0.277 e. The van der Waals surface area contributed by atoms with E-state index in [4.69, 9.17) is 13.9 Å². The molecule has 2 fully saturated rings. The van der Waals surface area contributed by atoms with Crippen LogP contribution in [-0.4, -0.2) is 35.0 Å². The Labute approximate surface area is 162 Å². The molecule has 0 aliphatic heterocycles. The molecule has 7 nitrogen and oxygen atoms in total. The topological polar surface area (TPSA) is 86.5 Å². The van der Waals surface area contributed by atoms with E-state index in [2.05, 4.69) is 15.5 Å². The third-order valence-corrected chi connectivity index (χ3v) is 6.10. The van der Waals surface area contributed by atoms with Crippen LogP contribution in [0.2, 0.25) is 0 Å². The monoisotopic (exact) mass is 389 g/mol. The second kappa shape index (κ2) is 8.21. The van der Waals surface area contributed by atoms with E-state index in [0.717, 1.165) is 12.3 Å². The number of hydrogen-bond acceptors (Lipinski definition) is 7. The normalized spacial score (nSPS) is 23.4. The first-order valence-corrected chi connectivity index (χ1v) is 10.2. The lowest BCUT2D eigenvalue weighted by molar-refractivity contribution is -0.119. The molecule has 1 amide bonds. The highest BCUT2D eigenvalue weighted by atomic mass is 32.2. The van der Waals surface area contributed by atoms with Crippen LogP contribution in [0.3, 0.4) is 0 Å². The minimum atomic E-state index is 0.0302. The molecule has 1 heterocycles. The van der Waals surface area contributed by atoms with E-state index in [1.54, 1.807) is 7.11 Å². The molecule has 2 bridgehead atoms. The van der Waals surface area contributed by atoms with E-state index < -0.39 is 0 Å². The first-order valence-electron chi connectivity index (χ1n) is 9.21. The zero-order chi connectivity index (χ0) is 18.6. The van der Waals surface area contributed by atoms with Crippen molar-refractivity contribution in [2.24, 2.45) is 11.8 Å². The molecule has 1 N–H and O–H groups in total. The second-order valence-corrected chi connectivity index (χ2v) is 7.97. The summed E-state index contributed by atoms with van der Waals surface area (Å²) in [5.74, 6) is 3.41. The van der Waals surface area contributed by atoms with Crippen molar-refractivity contribution >= 4 is 17.7 Å². The van der Waals surface area contributed by atoms with Crippen molar-refractivity contribution in [1.29, 1.82) is 0 Å². The lowest BCUT2D eigenvalue weighted by Crippen LogP contribution is -2.39. The molecule has 0 radical (unpaired) electrons. The minimum Gasteiger partial charge on any atom is -0.493 e. The predicted octanol–water partition coefficient (Wildman–Crippen LogP) is 3.05. The summed E-state index contributed by atoms with van der Waals surface area (Å²) in [6, 6.07) is 7.71. The Morgan fingerprint density at radius 3 is 2.85 bits per heavy atom. The number of nitrogens with zero attached hydrogens (tertiary/aromatic N) is 2. The van der Waals surface area contributed by atoms with Gasteiger partial charge in [0.05, 0.1) is 12.9 Å². The van der Waals surface area contributed by atoms with Crippen molar-refractivity contribution < 1.29 is 18.7 Å². The third-order valence-electron chi connectivity index (χ3n) is 5.28. The Balaban J connectivity index is 1.23.